The minimum Gasteiger partial charge on any atom is -0.508 e. The molecule has 0 aromatic heterocycles. The topological polar surface area (TPSA) is 68.2 Å². The number of methoxy groups -OCH3 is 3. The summed E-state index contributed by atoms with van der Waals surface area (Å²) < 4.78 is 15.2. The third-order valence-corrected chi connectivity index (χ3v) is 4.62. The Morgan fingerprint density at radius 3 is 1.96 bits per heavy atom. The number of hydrogen-bond donors (Lipinski definition) is 2. The molecule has 1 unspecified atom stereocenters. The molecule has 0 spiro atoms. The molecule has 1 saturated carbocycles. The Hall–Kier alpha value is -2.56. The van der Waals surface area contributed by atoms with Crippen LogP contribution in [0.3, 0.4) is 0 Å². The van der Waals surface area contributed by atoms with E-state index in [0.717, 1.165) is 17.4 Å². The highest BCUT2D eigenvalue weighted by Crippen LogP contribution is 2.44. The van der Waals surface area contributed by atoms with Gasteiger partial charge in [0.15, 0.2) is 23.0 Å². The molecule has 0 bridgehead atoms. The van der Waals surface area contributed by atoms with Gasteiger partial charge in [-0.05, 0) is 54.5 Å². The lowest BCUT2D eigenvalue weighted by molar-refractivity contribution is 0.278. The Bertz CT molecular complexity index is 698. The van der Waals surface area contributed by atoms with E-state index in [1.807, 2.05) is 6.07 Å². The molecular weight excluding hydrogens is 320 g/mol. The van der Waals surface area contributed by atoms with Crippen molar-refractivity contribution in [1.29, 1.82) is 0 Å². The first kappa shape index (κ1) is 18.8. The Morgan fingerprint density at radius 1 is 0.800 bits per heavy atom. The minimum atomic E-state index is 0.0281. The van der Waals surface area contributed by atoms with Crippen LogP contribution in [0.1, 0.15) is 31.2 Å². The zero-order valence-electron chi connectivity index (χ0n) is 15.2. The summed E-state index contributed by atoms with van der Waals surface area (Å²) >= 11 is 0. The van der Waals surface area contributed by atoms with Crippen molar-refractivity contribution in [2.45, 2.75) is 25.7 Å². The summed E-state index contributed by atoms with van der Waals surface area (Å²) in [6.07, 6.45) is 2.65. The van der Waals surface area contributed by atoms with Crippen molar-refractivity contribution >= 4 is 0 Å². The number of phenols is 2. The summed E-state index contributed by atoms with van der Waals surface area (Å²) in [6.45, 7) is 2.31. The fourth-order valence-corrected chi connectivity index (χ4v) is 2.91. The number of hydrogen-bond acceptors (Lipinski definition) is 5. The Morgan fingerprint density at radius 2 is 1.48 bits per heavy atom. The van der Waals surface area contributed by atoms with Gasteiger partial charge in [-0.1, -0.05) is 13.0 Å². The van der Waals surface area contributed by atoms with Crippen LogP contribution in [0.25, 0.3) is 0 Å². The van der Waals surface area contributed by atoms with Crippen LogP contribution >= 0.6 is 0 Å². The van der Waals surface area contributed by atoms with E-state index in [4.69, 9.17) is 24.4 Å². The second-order valence-corrected chi connectivity index (χ2v) is 6.13. The van der Waals surface area contributed by atoms with Crippen LogP contribution in [0.15, 0.2) is 36.4 Å². The van der Waals surface area contributed by atoms with Crippen molar-refractivity contribution < 1.29 is 24.4 Å². The quantitative estimate of drug-likeness (QED) is 0.807. The van der Waals surface area contributed by atoms with Crippen molar-refractivity contribution in [2.24, 2.45) is 5.92 Å². The SMILES string of the molecule is COc1cc(O)ccc1O.COc1ccc([C@H]2CCC2C)cc1OC. The molecule has 2 aromatic rings. The van der Waals surface area contributed by atoms with Gasteiger partial charge >= 0.3 is 0 Å². The van der Waals surface area contributed by atoms with Crippen LogP contribution in [0.5, 0.6) is 28.7 Å². The van der Waals surface area contributed by atoms with Crippen LogP contribution < -0.4 is 14.2 Å². The average Bonchev–Trinajstić information content (AvgIpc) is 2.62. The van der Waals surface area contributed by atoms with Crippen molar-refractivity contribution in [3.05, 3.63) is 42.0 Å². The van der Waals surface area contributed by atoms with E-state index in [2.05, 4.69) is 19.1 Å². The van der Waals surface area contributed by atoms with Gasteiger partial charge in [0.1, 0.15) is 5.75 Å². The molecule has 2 atom stereocenters. The molecule has 5 nitrogen and oxygen atoms in total. The van der Waals surface area contributed by atoms with E-state index >= 15 is 0 Å². The molecule has 5 heteroatoms. The standard InChI is InChI=1S/C13H18O2.C7H8O3/c1-9-4-6-11(9)10-5-7-12(14-2)13(8-10)15-3;1-10-7-4-5(8)2-3-6(7)9/h5,7-9,11H,4,6H2,1-3H3;2-4,8-9H,1H3/t9?,11-;/m0./s1. The van der Waals surface area contributed by atoms with Gasteiger partial charge in [0.05, 0.1) is 21.3 Å². The van der Waals surface area contributed by atoms with Gasteiger partial charge < -0.3 is 24.4 Å². The molecule has 0 aliphatic heterocycles. The Balaban J connectivity index is 0.000000196. The second kappa shape index (κ2) is 8.51. The monoisotopic (exact) mass is 346 g/mol. The summed E-state index contributed by atoms with van der Waals surface area (Å²) in [6, 6.07) is 10.4. The fraction of sp³-hybridized carbons (Fsp3) is 0.400. The lowest BCUT2D eigenvalue weighted by Crippen LogP contribution is -2.20. The summed E-state index contributed by atoms with van der Waals surface area (Å²) in [5, 5.41) is 17.9. The van der Waals surface area contributed by atoms with Crippen LogP contribution in [0.2, 0.25) is 0 Å². The number of ether oxygens (including phenoxy) is 3. The van der Waals surface area contributed by atoms with E-state index in [0.29, 0.717) is 5.92 Å². The number of aromatic hydroxyl groups is 2. The van der Waals surface area contributed by atoms with Crippen molar-refractivity contribution in [3.8, 4) is 28.7 Å². The molecule has 0 amide bonds. The average molecular weight is 346 g/mol. The van der Waals surface area contributed by atoms with E-state index in [1.165, 1.54) is 43.7 Å². The van der Waals surface area contributed by atoms with Crippen LogP contribution in [-0.2, 0) is 0 Å². The van der Waals surface area contributed by atoms with Gasteiger partial charge in [-0.25, -0.2) is 0 Å². The molecule has 3 rings (SSSR count). The maximum absolute atomic E-state index is 9.00. The molecule has 2 aromatic carbocycles. The van der Waals surface area contributed by atoms with Crippen LogP contribution in [0.4, 0.5) is 0 Å². The van der Waals surface area contributed by atoms with Crippen LogP contribution in [0, 0.1) is 5.92 Å². The molecule has 136 valence electrons. The van der Waals surface area contributed by atoms with Crippen molar-refractivity contribution in [2.75, 3.05) is 21.3 Å². The van der Waals surface area contributed by atoms with Gasteiger partial charge in [-0.3, -0.25) is 0 Å². The summed E-state index contributed by atoms with van der Waals surface area (Å²) in [5.74, 6) is 3.56. The summed E-state index contributed by atoms with van der Waals surface area (Å²) in [4.78, 5) is 0. The third-order valence-electron chi connectivity index (χ3n) is 4.62. The second-order valence-electron chi connectivity index (χ2n) is 6.13. The number of rotatable bonds is 4. The lowest BCUT2D eigenvalue weighted by atomic mass is 9.71. The first-order valence-corrected chi connectivity index (χ1v) is 8.28. The summed E-state index contributed by atoms with van der Waals surface area (Å²) in [7, 11) is 4.78. The highest BCUT2D eigenvalue weighted by molar-refractivity contribution is 5.44. The largest absolute Gasteiger partial charge is 0.508 e. The highest BCUT2D eigenvalue weighted by atomic mass is 16.5. The van der Waals surface area contributed by atoms with Crippen molar-refractivity contribution in [1.82, 2.24) is 0 Å². The zero-order chi connectivity index (χ0) is 18.4. The highest BCUT2D eigenvalue weighted by Gasteiger charge is 2.28. The fourth-order valence-electron chi connectivity index (χ4n) is 2.91. The zero-order valence-corrected chi connectivity index (χ0v) is 15.2. The van der Waals surface area contributed by atoms with E-state index in [-0.39, 0.29) is 17.2 Å². The first-order chi connectivity index (χ1) is 12.0. The first-order valence-electron chi connectivity index (χ1n) is 8.28. The lowest BCUT2D eigenvalue weighted by Gasteiger charge is -2.34. The predicted molar refractivity (Wildman–Crippen MR) is 97.0 cm³/mol. The van der Waals surface area contributed by atoms with Crippen molar-refractivity contribution in [3.63, 3.8) is 0 Å². The molecule has 1 fully saturated rings. The molecule has 0 radical (unpaired) electrons. The van der Waals surface area contributed by atoms with Gasteiger partial charge in [0.2, 0.25) is 0 Å². The maximum atomic E-state index is 9.00. The third kappa shape index (κ3) is 4.50. The minimum absolute atomic E-state index is 0.0281. The van der Waals surface area contributed by atoms with Gasteiger partial charge in [-0.2, -0.15) is 0 Å². The molecule has 0 heterocycles. The smallest absolute Gasteiger partial charge is 0.164 e. The molecule has 0 saturated heterocycles. The predicted octanol–water partition coefficient (Wildman–Crippen LogP) is 4.32. The molecule has 25 heavy (non-hydrogen) atoms. The van der Waals surface area contributed by atoms with E-state index in [1.54, 1.807) is 14.2 Å². The number of benzene rings is 2. The molecular formula is C20H26O5. The molecule has 1 aliphatic rings. The van der Waals surface area contributed by atoms with E-state index < -0.39 is 0 Å². The Kier molecular flexibility index (Phi) is 6.39. The van der Waals surface area contributed by atoms with E-state index in [9.17, 15) is 0 Å². The maximum Gasteiger partial charge on any atom is 0.164 e. The van der Waals surface area contributed by atoms with Gasteiger partial charge in [0.25, 0.3) is 0 Å². The normalized spacial score (nSPS) is 18.4. The Labute approximate surface area is 148 Å². The number of phenolic OH excluding ortho intramolecular Hbond substituents is 2. The molecule has 2 N–H and O–H groups in total. The molecule has 1 aliphatic carbocycles. The van der Waals surface area contributed by atoms with Gasteiger partial charge in [0, 0.05) is 6.07 Å². The summed E-state index contributed by atoms with van der Waals surface area (Å²) in [5.41, 5.74) is 1.38. The van der Waals surface area contributed by atoms with Gasteiger partial charge in [-0.15, -0.1) is 0 Å². The van der Waals surface area contributed by atoms with Crippen LogP contribution in [-0.4, -0.2) is 31.5 Å².